The van der Waals surface area contributed by atoms with Gasteiger partial charge in [-0.05, 0) is 49.1 Å². The monoisotopic (exact) mass is 365 g/mol. The summed E-state index contributed by atoms with van der Waals surface area (Å²) in [5.41, 5.74) is 2.18. The number of hydrogen-bond acceptors (Lipinski definition) is 3. The van der Waals surface area contributed by atoms with Crippen LogP contribution in [0.4, 0.5) is 0 Å². The maximum absolute atomic E-state index is 13.1. The zero-order valence-electron chi connectivity index (χ0n) is 13.7. The van der Waals surface area contributed by atoms with E-state index in [1.54, 1.807) is 16.4 Å². The normalized spacial score (nSPS) is 18.7. The third kappa shape index (κ3) is 3.04. The number of halogens is 1. The Morgan fingerprint density at radius 1 is 1.21 bits per heavy atom. The molecule has 0 unspecified atom stereocenters. The van der Waals surface area contributed by atoms with Crippen molar-refractivity contribution in [3.63, 3.8) is 0 Å². The molecule has 0 aromatic heterocycles. The quantitative estimate of drug-likeness (QED) is 0.816. The van der Waals surface area contributed by atoms with E-state index in [4.69, 9.17) is 16.3 Å². The number of sulfonamides is 1. The molecule has 1 saturated heterocycles. The summed E-state index contributed by atoms with van der Waals surface area (Å²) in [5, 5.41) is 0.296. The molecule has 24 heavy (non-hydrogen) atoms. The van der Waals surface area contributed by atoms with Gasteiger partial charge < -0.3 is 4.74 Å². The first-order chi connectivity index (χ1) is 11.4. The molecule has 0 saturated carbocycles. The first-order valence-corrected chi connectivity index (χ1v) is 9.68. The van der Waals surface area contributed by atoms with Crippen molar-refractivity contribution in [2.24, 2.45) is 0 Å². The van der Waals surface area contributed by atoms with Crippen LogP contribution in [-0.4, -0.2) is 26.4 Å². The molecule has 1 aliphatic rings. The Morgan fingerprint density at radius 2 is 1.96 bits per heavy atom. The molecule has 2 aromatic rings. The molecule has 4 nitrogen and oxygen atoms in total. The molecule has 0 N–H and O–H groups in total. The maximum atomic E-state index is 13.1. The van der Waals surface area contributed by atoms with Crippen LogP contribution in [0.5, 0.6) is 5.75 Å². The van der Waals surface area contributed by atoms with Gasteiger partial charge in [-0.3, -0.25) is 0 Å². The first-order valence-electron chi connectivity index (χ1n) is 7.86. The molecule has 1 heterocycles. The predicted octanol–water partition coefficient (Wildman–Crippen LogP) is 4.18. The van der Waals surface area contributed by atoms with E-state index in [0.717, 1.165) is 24.0 Å². The fraction of sp³-hybridized carbons (Fsp3) is 0.333. The lowest BCUT2D eigenvalue weighted by atomic mass is 10.0. The lowest BCUT2D eigenvalue weighted by Crippen LogP contribution is -2.31. The van der Waals surface area contributed by atoms with Crippen LogP contribution in [0.25, 0.3) is 0 Å². The Hall–Kier alpha value is -1.56. The second-order valence-corrected chi connectivity index (χ2v) is 8.22. The molecule has 1 fully saturated rings. The van der Waals surface area contributed by atoms with Gasteiger partial charge in [0.05, 0.1) is 23.1 Å². The molecule has 2 aromatic carbocycles. The highest BCUT2D eigenvalue weighted by atomic mass is 35.5. The van der Waals surface area contributed by atoms with E-state index in [2.05, 4.69) is 0 Å². The lowest BCUT2D eigenvalue weighted by molar-refractivity contribution is 0.395. The summed E-state index contributed by atoms with van der Waals surface area (Å²) in [6, 6.07) is 12.4. The zero-order chi connectivity index (χ0) is 17.3. The number of rotatable bonds is 4. The van der Waals surface area contributed by atoms with Gasteiger partial charge >= 0.3 is 0 Å². The maximum Gasteiger partial charge on any atom is 0.243 e. The van der Waals surface area contributed by atoms with Crippen LogP contribution < -0.4 is 4.74 Å². The summed E-state index contributed by atoms with van der Waals surface area (Å²) in [5.74, 6) is 0.465. The molecule has 3 rings (SSSR count). The molecule has 0 amide bonds. The van der Waals surface area contributed by atoms with Crippen LogP contribution in [0.3, 0.4) is 0 Å². The van der Waals surface area contributed by atoms with Gasteiger partial charge in [0.25, 0.3) is 0 Å². The van der Waals surface area contributed by atoms with Gasteiger partial charge in [-0.2, -0.15) is 4.31 Å². The molecule has 6 heteroatoms. The number of methoxy groups -OCH3 is 1. The van der Waals surface area contributed by atoms with Crippen LogP contribution in [0.2, 0.25) is 5.02 Å². The van der Waals surface area contributed by atoms with E-state index in [1.165, 1.54) is 13.2 Å². The summed E-state index contributed by atoms with van der Waals surface area (Å²) in [7, 11) is -2.10. The summed E-state index contributed by atoms with van der Waals surface area (Å²) in [6.07, 6.45) is 1.68. The second kappa shape index (κ2) is 6.75. The van der Waals surface area contributed by atoms with Crippen LogP contribution in [0, 0.1) is 6.92 Å². The first kappa shape index (κ1) is 17.3. The third-order valence-corrected chi connectivity index (χ3v) is 6.68. The van der Waals surface area contributed by atoms with Crippen molar-refractivity contribution in [1.29, 1.82) is 0 Å². The second-order valence-electron chi connectivity index (χ2n) is 5.93. The van der Waals surface area contributed by atoms with Crippen LogP contribution in [-0.2, 0) is 10.0 Å². The van der Waals surface area contributed by atoms with Crippen molar-refractivity contribution in [2.75, 3.05) is 13.7 Å². The Labute approximate surface area is 148 Å². The van der Waals surface area contributed by atoms with E-state index in [9.17, 15) is 8.42 Å². The number of ether oxygens (including phenoxy) is 1. The van der Waals surface area contributed by atoms with Gasteiger partial charge in [-0.1, -0.05) is 35.9 Å². The van der Waals surface area contributed by atoms with Crippen molar-refractivity contribution < 1.29 is 13.2 Å². The summed E-state index contributed by atoms with van der Waals surface area (Å²) < 4.78 is 32.9. The molecule has 1 atom stereocenters. The van der Waals surface area contributed by atoms with Gasteiger partial charge in [0.15, 0.2) is 0 Å². The van der Waals surface area contributed by atoms with E-state index in [1.807, 2.05) is 31.2 Å². The Bertz CT molecular complexity index is 851. The van der Waals surface area contributed by atoms with E-state index in [0.29, 0.717) is 17.3 Å². The van der Waals surface area contributed by atoms with Crippen molar-refractivity contribution in [2.45, 2.75) is 30.7 Å². The smallest absolute Gasteiger partial charge is 0.243 e. The SMILES string of the molecule is COc1ccc(S(=O)(=O)N2CCC[C@@H]2c2ccccc2C)cc1Cl. The third-order valence-electron chi connectivity index (χ3n) is 4.48. The minimum Gasteiger partial charge on any atom is -0.495 e. The number of hydrogen-bond donors (Lipinski definition) is 0. The van der Waals surface area contributed by atoms with Gasteiger partial charge in [-0.25, -0.2) is 8.42 Å². The fourth-order valence-electron chi connectivity index (χ4n) is 3.24. The molecule has 0 radical (unpaired) electrons. The van der Waals surface area contributed by atoms with Crippen molar-refractivity contribution in [3.05, 3.63) is 58.6 Å². The minimum atomic E-state index is -3.61. The Morgan fingerprint density at radius 3 is 2.62 bits per heavy atom. The highest BCUT2D eigenvalue weighted by Crippen LogP contribution is 2.38. The molecule has 0 bridgehead atoms. The number of nitrogens with zero attached hydrogens (tertiary/aromatic N) is 1. The lowest BCUT2D eigenvalue weighted by Gasteiger charge is -2.25. The average molecular weight is 366 g/mol. The van der Waals surface area contributed by atoms with Crippen molar-refractivity contribution >= 4 is 21.6 Å². The highest BCUT2D eigenvalue weighted by molar-refractivity contribution is 7.89. The summed E-state index contributed by atoms with van der Waals surface area (Å²) in [6.45, 7) is 2.54. The zero-order valence-corrected chi connectivity index (χ0v) is 15.3. The minimum absolute atomic E-state index is 0.128. The fourth-order valence-corrected chi connectivity index (χ4v) is 5.27. The van der Waals surface area contributed by atoms with Crippen molar-refractivity contribution in [3.8, 4) is 5.75 Å². The molecule has 1 aliphatic heterocycles. The van der Waals surface area contributed by atoms with Gasteiger partial charge in [0.1, 0.15) is 5.75 Å². The van der Waals surface area contributed by atoms with Crippen LogP contribution >= 0.6 is 11.6 Å². The van der Waals surface area contributed by atoms with Gasteiger partial charge in [-0.15, -0.1) is 0 Å². The van der Waals surface area contributed by atoms with Crippen LogP contribution in [0.1, 0.15) is 30.0 Å². The van der Waals surface area contributed by atoms with Crippen LogP contribution in [0.15, 0.2) is 47.4 Å². The molecular formula is C18H20ClNO3S. The largest absolute Gasteiger partial charge is 0.495 e. The van der Waals surface area contributed by atoms with E-state index in [-0.39, 0.29) is 10.9 Å². The topological polar surface area (TPSA) is 46.6 Å². The standard InChI is InChI=1S/C18H20ClNO3S/c1-13-6-3-4-7-15(13)17-8-5-11-20(17)24(21,22)14-9-10-18(23-2)16(19)12-14/h3-4,6-7,9-10,12,17H,5,8,11H2,1-2H3/t17-/m1/s1. The molecule has 0 spiro atoms. The molecular weight excluding hydrogens is 346 g/mol. The molecule has 0 aliphatic carbocycles. The highest BCUT2D eigenvalue weighted by Gasteiger charge is 2.36. The number of aryl methyl sites for hydroxylation is 1. The summed E-state index contributed by atoms with van der Waals surface area (Å²) >= 11 is 6.11. The summed E-state index contributed by atoms with van der Waals surface area (Å²) in [4.78, 5) is 0.203. The van der Waals surface area contributed by atoms with E-state index < -0.39 is 10.0 Å². The number of benzene rings is 2. The van der Waals surface area contributed by atoms with E-state index >= 15 is 0 Å². The van der Waals surface area contributed by atoms with Gasteiger partial charge in [0.2, 0.25) is 10.0 Å². The molecule has 128 valence electrons. The van der Waals surface area contributed by atoms with Gasteiger partial charge in [0, 0.05) is 6.54 Å². The van der Waals surface area contributed by atoms with Crippen molar-refractivity contribution in [1.82, 2.24) is 4.31 Å². The Kier molecular flexibility index (Phi) is 4.85. The predicted molar refractivity (Wildman–Crippen MR) is 95.0 cm³/mol. The average Bonchev–Trinajstić information content (AvgIpc) is 3.05. The Balaban J connectivity index is 2.00.